The highest BCUT2D eigenvalue weighted by Crippen LogP contribution is 2.19. The Bertz CT molecular complexity index is 327. The second kappa shape index (κ2) is 4.97. The van der Waals surface area contributed by atoms with Crippen LogP contribution in [0.5, 0.6) is 0 Å². The molecule has 0 aliphatic carbocycles. The van der Waals surface area contributed by atoms with Crippen molar-refractivity contribution in [2.24, 2.45) is 11.7 Å². The molecule has 2 N–H and O–H groups in total. The minimum atomic E-state index is 0.684. The van der Waals surface area contributed by atoms with E-state index in [0.29, 0.717) is 5.92 Å². The molecule has 1 atom stereocenters. The lowest BCUT2D eigenvalue weighted by Crippen LogP contribution is -2.22. The second-order valence-electron chi connectivity index (χ2n) is 4.26. The lowest BCUT2D eigenvalue weighted by molar-refractivity contribution is 0.318. The first kappa shape index (κ1) is 10.9. The minimum Gasteiger partial charge on any atom is -0.330 e. The lowest BCUT2D eigenvalue weighted by atomic mass is 10.1. The Kier molecular flexibility index (Phi) is 3.62. The molecule has 3 heteroatoms. The third-order valence-electron chi connectivity index (χ3n) is 3.00. The number of benzene rings is 1. The molecular formula is C12H17ClN2. The fourth-order valence-electron chi connectivity index (χ4n) is 2.14. The van der Waals surface area contributed by atoms with E-state index in [1.165, 1.54) is 12.0 Å². The summed E-state index contributed by atoms with van der Waals surface area (Å²) in [6.07, 6.45) is 1.23. The van der Waals surface area contributed by atoms with Gasteiger partial charge in [-0.05, 0) is 43.1 Å². The fourth-order valence-corrected chi connectivity index (χ4v) is 2.36. The van der Waals surface area contributed by atoms with Crippen LogP contribution in [0.25, 0.3) is 0 Å². The van der Waals surface area contributed by atoms with E-state index < -0.39 is 0 Å². The Balaban J connectivity index is 1.92. The number of likely N-dealkylation sites (tertiary alicyclic amines) is 1. The van der Waals surface area contributed by atoms with Crippen LogP contribution in [0.15, 0.2) is 24.3 Å². The van der Waals surface area contributed by atoms with Gasteiger partial charge in [0.15, 0.2) is 0 Å². The van der Waals surface area contributed by atoms with Gasteiger partial charge in [-0.1, -0.05) is 23.7 Å². The van der Waals surface area contributed by atoms with Crippen molar-refractivity contribution < 1.29 is 0 Å². The molecule has 1 unspecified atom stereocenters. The highest BCUT2D eigenvalue weighted by Gasteiger charge is 2.20. The predicted octanol–water partition coefficient (Wildman–Crippen LogP) is 2.12. The SMILES string of the molecule is NCC1CCN(Cc2cccc(Cl)c2)C1. The van der Waals surface area contributed by atoms with Gasteiger partial charge in [0, 0.05) is 18.1 Å². The van der Waals surface area contributed by atoms with E-state index in [2.05, 4.69) is 11.0 Å². The van der Waals surface area contributed by atoms with Crippen LogP contribution in [0.4, 0.5) is 0 Å². The van der Waals surface area contributed by atoms with Gasteiger partial charge >= 0.3 is 0 Å². The monoisotopic (exact) mass is 224 g/mol. The number of hydrogen-bond donors (Lipinski definition) is 1. The molecule has 1 aromatic carbocycles. The molecule has 1 fully saturated rings. The largest absolute Gasteiger partial charge is 0.330 e. The van der Waals surface area contributed by atoms with Crippen molar-refractivity contribution in [3.05, 3.63) is 34.9 Å². The zero-order valence-corrected chi connectivity index (χ0v) is 9.58. The fraction of sp³-hybridized carbons (Fsp3) is 0.500. The third-order valence-corrected chi connectivity index (χ3v) is 3.23. The van der Waals surface area contributed by atoms with Crippen LogP contribution in [0.1, 0.15) is 12.0 Å². The van der Waals surface area contributed by atoms with Crippen molar-refractivity contribution >= 4 is 11.6 Å². The van der Waals surface area contributed by atoms with Crippen molar-refractivity contribution in [2.75, 3.05) is 19.6 Å². The number of nitrogens with two attached hydrogens (primary N) is 1. The summed E-state index contributed by atoms with van der Waals surface area (Å²) in [5.41, 5.74) is 6.96. The summed E-state index contributed by atoms with van der Waals surface area (Å²) >= 11 is 5.95. The molecule has 1 aromatic rings. The van der Waals surface area contributed by atoms with Crippen molar-refractivity contribution in [3.63, 3.8) is 0 Å². The molecule has 0 radical (unpaired) electrons. The third kappa shape index (κ3) is 2.94. The van der Waals surface area contributed by atoms with Crippen LogP contribution in [-0.2, 0) is 6.54 Å². The maximum absolute atomic E-state index is 5.95. The first-order valence-electron chi connectivity index (χ1n) is 5.45. The maximum atomic E-state index is 5.95. The first-order chi connectivity index (χ1) is 7.28. The molecule has 2 rings (SSSR count). The standard InChI is InChI=1S/C12H17ClN2/c13-12-3-1-2-10(6-12)8-15-5-4-11(7-14)9-15/h1-3,6,11H,4-5,7-9,14H2. The van der Waals surface area contributed by atoms with Gasteiger partial charge in [0.1, 0.15) is 0 Å². The van der Waals surface area contributed by atoms with Crippen LogP contribution in [-0.4, -0.2) is 24.5 Å². The van der Waals surface area contributed by atoms with E-state index in [9.17, 15) is 0 Å². The average molecular weight is 225 g/mol. The van der Waals surface area contributed by atoms with Crippen LogP contribution >= 0.6 is 11.6 Å². The maximum Gasteiger partial charge on any atom is 0.0409 e. The highest BCUT2D eigenvalue weighted by atomic mass is 35.5. The number of hydrogen-bond acceptors (Lipinski definition) is 2. The van der Waals surface area contributed by atoms with Gasteiger partial charge in [-0.15, -0.1) is 0 Å². The highest BCUT2D eigenvalue weighted by molar-refractivity contribution is 6.30. The molecule has 1 heterocycles. The van der Waals surface area contributed by atoms with E-state index in [4.69, 9.17) is 17.3 Å². The summed E-state index contributed by atoms with van der Waals surface area (Å²) in [5, 5.41) is 0.821. The van der Waals surface area contributed by atoms with Crippen LogP contribution in [0.2, 0.25) is 5.02 Å². The topological polar surface area (TPSA) is 29.3 Å². The Morgan fingerprint density at radius 2 is 2.33 bits per heavy atom. The molecule has 0 spiro atoms. The summed E-state index contributed by atoms with van der Waals surface area (Å²) in [6.45, 7) is 4.10. The van der Waals surface area contributed by atoms with Gasteiger partial charge in [-0.3, -0.25) is 4.90 Å². The summed E-state index contributed by atoms with van der Waals surface area (Å²) < 4.78 is 0. The Labute approximate surface area is 96.0 Å². The van der Waals surface area contributed by atoms with Gasteiger partial charge in [0.05, 0.1) is 0 Å². The van der Waals surface area contributed by atoms with Gasteiger partial charge in [0.2, 0.25) is 0 Å². The summed E-state index contributed by atoms with van der Waals surface area (Å²) in [6, 6.07) is 8.09. The van der Waals surface area contributed by atoms with Gasteiger partial charge in [-0.25, -0.2) is 0 Å². The average Bonchev–Trinajstić information content (AvgIpc) is 2.65. The van der Waals surface area contributed by atoms with Crippen LogP contribution in [0, 0.1) is 5.92 Å². The molecule has 82 valence electrons. The molecule has 0 aromatic heterocycles. The molecule has 0 bridgehead atoms. The van der Waals surface area contributed by atoms with Gasteiger partial charge in [0.25, 0.3) is 0 Å². The zero-order chi connectivity index (χ0) is 10.7. The molecule has 2 nitrogen and oxygen atoms in total. The van der Waals surface area contributed by atoms with E-state index >= 15 is 0 Å². The lowest BCUT2D eigenvalue weighted by Gasteiger charge is -2.15. The van der Waals surface area contributed by atoms with E-state index in [0.717, 1.165) is 31.2 Å². The van der Waals surface area contributed by atoms with E-state index in [-0.39, 0.29) is 0 Å². The first-order valence-corrected chi connectivity index (χ1v) is 5.82. The molecule has 15 heavy (non-hydrogen) atoms. The second-order valence-corrected chi connectivity index (χ2v) is 4.69. The summed E-state index contributed by atoms with van der Waals surface area (Å²) in [5.74, 6) is 0.684. The van der Waals surface area contributed by atoms with Crippen molar-refractivity contribution in [2.45, 2.75) is 13.0 Å². The van der Waals surface area contributed by atoms with Gasteiger partial charge in [-0.2, -0.15) is 0 Å². The van der Waals surface area contributed by atoms with Crippen molar-refractivity contribution in [1.82, 2.24) is 4.90 Å². The Hall–Kier alpha value is -0.570. The Morgan fingerprint density at radius 1 is 1.47 bits per heavy atom. The molecule has 0 amide bonds. The minimum absolute atomic E-state index is 0.684. The number of halogens is 1. The number of rotatable bonds is 3. The molecule has 0 saturated carbocycles. The Morgan fingerprint density at radius 3 is 3.00 bits per heavy atom. The normalized spacial score (nSPS) is 22.1. The molecule has 1 saturated heterocycles. The van der Waals surface area contributed by atoms with Gasteiger partial charge < -0.3 is 5.73 Å². The smallest absolute Gasteiger partial charge is 0.0409 e. The van der Waals surface area contributed by atoms with E-state index in [1.807, 2.05) is 18.2 Å². The predicted molar refractivity (Wildman–Crippen MR) is 63.9 cm³/mol. The summed E-state index contributed by atoms with van der Waals surface area (Å²) in [4.78, 5) is 2.45. The van der Waals surface area contributed by atoms with Crippen molar-refractivity contribution in [3.8, 4) is 0 Å². The van der Waals surface area contributed by atoms with Crippen LogP contribution < -0.4 is 5.73 Å². The van der Waals surface area contributed by atoms with Crippen molar-refractivity contribution in [1.29, 1.82) is 0 Å². The quantitative estimate of drug-likeness (QED) is 0.853. The molecular weight excluding hydrogens is 208 g/mol. The molecule has 1 aliphatic rings. The van der Waals surface area contributed by atoms with E-state index in [1.54, 1.807) is 0 Å². The molecule has 1 aliphatic heterocycles. The van der Waals surface area contributed by atoms with Crippen LogP contribution in [0.3, 0.4) is 0 Å². The zero-order valence-electron chi connectivity index (χ0n) is 8.82. The number of nitrogens with zero attached hydrogens (tertiary/aromatic N) is 1. The summed E-state index contributed by atoms with van der Waals surface area (Å²) in [7, 11) is 0.